The SMILES string of the molecule is CSc1ccc(Cl)c(C(=O)N(C)Cc2ccco2)c1. The minimum Gasteiger partial charge on any atom is -0.467 e. The second kappa shape index (κ2) is 6.17. The molecular formula is C14H14ClNO2S. The minimum atomic E-state index is -0.114. The van der Waals surface area contributed by atoms with Gasteiger partial charge in [0.25, 0.3) is 5.91 Å². The predicted octanol–water partition coefficient (Wildman–Crippen LogP) is 3.93. The van der Waals surface area contributed by atoms with Crippen molar-refractivity contribution in [1.82, 2.24) is 4.90 Å². The van der Waals surface area contributed by atoms with Crippen molar-refractivity contribution in [3.8, 4) is 0 Å². The van der Waals surface area contributed by atoms with Gasteiger partial charge in [0.2, 0.25) is 0 Å². The molecule has 1 aromatic carbocycles. The van der Waals surface area contributed by atoms with Gasteiger partial charge in [0.15, 0.2) is 0 Å². The fourth-order valence-corrected chi connectivity index (χ4v) is 2.35. The number of halogens is 1. The molecule has 0 bridgehead atoms. The number of thioether (sulfide) groups is 1. The Morgan fingerprint density at radius 1 is 1.42 bits per heavy atom. The molecule has 1 amide bonds. The van der Waals surface area contributed by atoms with Gasteiger partial charge in [-0.25, -0.2) is 0 Å². The number of benzene rings is 1. The molecule has 1 aromatic heterocycles. The molecule has 2 rings (SSSR count). The largest absolute Gasteiger partial charge is 0.467 e. The Morgan fingerprint density at radius 3 is 2.84 bits per heavy atom. The predicted molar refractivity (Wildman–Crippen MR) is 77.7 cm³/mol. The minimum absolute atomic E-state index is 0.114. The zero-order valence-electron chi connectivity index (χ0n) is 10.7. The summed E-state index contributed by atoms with van der Waals surface area (Å²) >= 11 is 7.67. The van der Waals surface area contributed by atoms with E-state index in [4.69, 9.17) is 16.0 Å². The van der Waals surface area contributed by atoms with Crippen molar-refractivity contribution in [1.29, 1.82) is 0 Å². The first kappa shape index (κ1) is 14.0. The van der Waals surface area contributed by atoms with Gasteiger partial charge in [-0.05, 0) is 36.6 Å². The molecule has 0 aliphatic heterocycles. The van der Waals surface area contributed by atoms with Crippen molar-refractivity contribution in [2.75, 3.05) is 13.3 Å². The lowest BCUT2D eigenvalue weighted by atomic mass is 10.2. The number of nitrogens with zero attached hydrogens (tertiary/aromatic N) is 1. The Labute approximate surface area is 121 Å². The van der Waals surface area contributed by atoms with Gasteiger partial charge in [-0.3, -0.25) is 4.79 Å². The van der Waals surface area contributed by atoms with Gasteiger partial charge in [-0.15, -0.1) is 11.8 Å². The highest BCUT2D eigenvalue weighted by Gasteiger charge is 2.16. The molecule has 0 radical (unpaired) electrons. The van der Waals surface area contributed by atoms with Gasteiger partial charge in [0, 0.05) is 11.9 Å². The normalized spacial score (nSPS) is 10.5. The molecule has 0 atom stereocenters. The van der Waals surface area contributed by atoms with Crippen molar-refractivity contribution < 1.29 is 9.21 Å². The average molecular weight is 296 g/mol. The van der Waals surface area contributed by atoms with E-state index in [2.05, 4.69) is 0 Å². The van der Waals surface area contributed by atoms with E-state index < -0.39 is 0 Å². The fourth-order valence-electron chi connectivity index (χ4n) is 1.71. The molecule has 0 aliphatic carbocycles. The molecule has 0 fully saturated rings. The molecule has 100 valence electrons. The number of carbonyl (C=O) groups excluding carboxylic acids is 1. The molecule has 0 saturated carbocycles. The van der Waals surface area contributed by atoms with Gasteiger partial charge in [0.1, 0.15) is 5.76 Å². The van der Waals surface area contributed by atoms with E-state index >= 15 is 0 Å². The molecule has 2 aromatic rings. The van der Waals surface area contributed by atoms with Crippen LogP contribution in [0.15, 0.2) is 45.9 Å². The highest BCUT2D eigenvalue weighted by Crippen LogP contribution is 2.24. The Balaban J connectivity index is 2.18. The van der Waals surface area contributed by atoms with Gasteiger partial charge in [0.05, 0.1) is 23.4 Å². The van der Waals surface area contributed by atoms with E-state index in [1.165, 1.54) is 0 Å². The molecule has 5 heteroatoms. The van der Waals surface area contributed by atoms with Gasteiger partial charge in [-0.1, -0.05) is 11.6 Å². The summed E-state index contributed by atoms with van der Waals surface area (Å²) in [7, 11) is 1.73. The van der Waals surface area contributed by atoms with E-state index in [-0.39, 0.29) is 5.91 Å². The molecule has 3 nitrogen and oxygen atoms in total. The number of furan rings is 1. The summed E-state index contributed by atoms with van der Waals surface area (Å²) in [5.74, 6) is 0.630. The molecule has 0 saturated heterocycles. The van der Waals surface area contributed by atoms with Crippen molar-refractivity contribution in [3.05, 3.63) is 52.9 Å². The first-order chi connectivity index (χ1) is 9.11. The lowest BCUT2D eigenvalue weighted by Gasteiger charge is -2.17. The molecule has 0 unspecified atom stereocenters. The van der Waals surface area contributed by atoms with Crippen LogP contribution < -0.4 is 0 Å². The summed E-state index contributed by atoms with van der Waals surface area (Å²) in [4.78, 5) is 15.0. The quantitative estimate of drug-likeness (QED) is 0.802. The Kier molecular flexibility index (Phi) is 4.56. The third-order valence-electron chi connectivity index (χ3n) is 2.72. The van der Waals surface area contributed by atoms with Crippen molar-refractivity contribution >= 4 is 29.3 Å². The molecule has 1 heterocycles. The van der Waals surface area contributed by atoms with Crippen LogP contribution in [0.25, 0.3) is 0 Å². The maximum Gasteiger partial charge on any atom is 0.255 e. The molecule has 0 spiro atoms. The van der Waals surface area contributed by atoms with Crippen LogP contribution in [0.1, 0.15) is 16.1 Å². The van der Waals surface area contributed by atoms with Crippen LogP contribution in [-0.4, -0.2) is 24.1 Å². The second-order valence-electron chi connectivity index (χ2n) is 4.09. The molecule has 0 aliphatic rings. The lowest BCUT2D eigenvalue weighted by Crippen LogP contribution is -2.26. The number of hydrogen-bond acceptors (Lipinski definition) is 3. The van der Waals surface area contributed by atoms with Crippen LogP contribution in [-0.2, 0) is 6.54 Å². The average Bonchev–Trinajstić information content (AvgIpc) is 2.91. The maximum atomic E-state index is 12.4. The third-order valence-corrected chi connectivity index (χ3v) is 3.78. The van der Waals surface area contributed by atoms with Crippen LogP contribution in [0.4, 0.5) is 0 Å². The Morgan fingerprint density at radius 2 is 2.21 bits per heavy atom. The summed E-state index contributed by atoms with van der Waals surface area (Å²) in [6, 6.07) is 9.10. The van der Waals surface area contributed by atoms with E-state index in [1.54, 1.807) is 42.1 Å². The maximum absolute atomic E-state index is 12.4. The van der Waals surface area contributed by atoms with E-state index in [1.807, 2.05) is 24.5 Å². The summed E-state index contributed by atoms with van der Waals surface area (Å²) in [6.45, 7) is 0.422. The third kappa shape index (κ3) is 3.33. The van der Waals surface area contributed by atoms with Crippen molar-refractivity contribution in [2.45, 2.75) is 11.4 Å². The highest BCUT2D eigenvalue weighted by atomic mass is 35.5. The van der Waals surface area contributed by atoms with E-state index in [9.17, 15) is 4.79 Å². The molecule has 19 heavy (non-hydrogen) atoms. The number of rotatable bonds is 4. The topological polar surface area (TPSA) is 33.5 Å². The number of carbonyl (C=O) groups is 1. The van der Waals surface area contributed by atoms with Crippen LogP contribution in [0.5, 0.6) is 0 Å². The number of hydrogen-bond donors (Lipinski definition) is 0. The first-order valence-corrected chi connectivity index (χ1v) is 7.33. The smallest absolute Gasteiger partial charge is 0.255 e. The zero-order valence-corrected chi connectivity index (χ0v) is 12.3. The van der Waals surface area contributed by atoms with E-state index in [0.717, 1.165) is 10.7 Å². The van der Waals surface area contributed by atoms with Crippen LogP contribution in [0.3, 0.4) is 0 Å². The number of amides is 1. The monoisotopic (exact) mass is 295 g/mol. The van der Waals surface area contributed by atoms with Crippen LogP contribution >= 0.6 is 23.4 Å². The van der Waals surface area contributed by atoms with Gasteiger partial charge in [-0.2, -0.15) is 0 Å². The van der Waals surface area contributed by atoms with Crippen LogP contribution in [0, 0.1) is 0 Å². The van der Waals surface area contributed by atoms with Gasteiger partial charge < -0.3 is 9.32 Å². The lowest BCUT2D eigenvalue weighted by molar-refractivity contribution is 0.0775. The van der Waals surface area contributed by atoms with Crippen LogP contribution in [0.2, 0.25) is 5.02 Å². The van der Waals surface area contributed by atoms with Crippen molar-refractivity contribution in [3.63, 3.8) is 0 Å². The summed E-state index contributed by atoms with van der Waals surface area (Å²) in [5, 5.41) is 0.467. The second-order valence-corrected chi connectivity index (χ2v) is 5.37. The summed E-state index contributed by atoms with van der Waals surface area (Å²) in [6.07, 6.45) is 3.55. The molecule has 0 N–H and O–H groups in total. The fraction of sp³-hybridized carbons (Fsp3) is 0.214. The first-order valence-electron chi connectivity index (χ1n) is 5.73. The summed E-state index contributed by atoms with van der Waals surface area (Å²) in [5.41, 5.74) is 0.516. The van der Waals surface area contributed by atoms with E-state index in [0.29, 0.717) is 17.1 Å². The zero-order chi connectivity index (χ0) is 13.8. The molecular weight excluding hydrogens is 282 g/mol. The standard InChI is InChI=1S/C14H14ClNO2S/c1-16(9-10-4-3-7-18-10)14(17)12-8-11(19-2)5-6-13(12)15/h3-8H,9H2,1-2H3. The highest BCUT2D eigenvalue weighted by molar-refractivity contribution is 7.98. The van der Waals surface area contributed by atoms with Crippen molar-refractivity contribution in [2.24, 2.45) is 0 Å². The summed E-state index contributed by atoms with van der Waals surface area (Å²) < 4.78 is 5.23. The Bertz CT molecular complexity index is 569. The Hall–Kier alpha value is -1.39. The van der Waals surface area contributed by atoms with Gasteiger partial charge >= 0.3 is 0 Å².